The summed E-state index contributed by atoms with van der Waals surface area (Å²) in [5.74, 6) is -0.356. The molecule has 0 unspecified atom stereocenters. The van der Waals surface area contributed by atoms with Gasteiger partial charge in [0, 0.05) is 10.0 Å². The standard InChI is InChI=1S/C13H11BrFNO/c1-3-5-9-11(14)7-12(15)10(8-16)13(9)17-6-4-2/h3-4,7H,1-2,5-6H2. The van der Waals surface area contributed by atoms with Crippen LogP contribution in [0.3, 0.4) is 0 Å². The van der Waals surface area contributed by atoms with Crippen LogP contribution in [0, 0.1) is 17.1 Å². The minimum Gasteiger partial charge on any atom is -0.488 e. The van der Waals surface area contributed by atoms with Crippen molar-refractivity contribution in [1.82, 2.24) is 0 Å². The van der Waals surface area contributed by atoms with Gasteiger partial charge in [0.25, 0.3) is 0 Å². The largest absolute Gasteiger partial charge is 0.488 e. The summed E-state index contributed by atoms with van der Waals surface area (Å²) in [5.41, 5.74) is 0.617. The van der Waals surface area contributed by atoms with Crippen molar-refractivity contribution in [2.45, 2.75) is 6.42 Å². The predicted octanol–water partition coefficient (Wildman–Crippen LogP) is 3.75. The fourth-order valence-electron chi connectivity index (χ4n) is 1.38. The number of benzene rings is 1. The molecular formula is C13H11BrFNO. The Bertz CT molecular complexity index is 491. The number of hydrogen-bond acceptors (Lipinski definition) is 2. The van der Waals surface area contributed by atoms with Crippen molar-refractivity contribution >= 4 is 15.9 Å². The third kappa shape index (κ3) is 2.95. The maximum absolute atomic E-state index is 13.6. The second-order valence-corrected chi connectivity index (χ2v) is 4.08. The van der Waals surface area contributed by atoms with Crippen molar-refractivity contribution in [2.75, 3.05) is 6.61 Å². The zero-order chi connectivity index (χ0) is 12.8. The predicted molar refractivity (Wildman–Crippen MR) is 68.4 cm³/mol. The quantitative estimate of drug-likeness (QED) is 0.775. The average molecular weight is 296 g/mol. The van der Waals surface area contributed by atoms with Gasteiger partial charge in [-0.3, -0.25) is 0 Å². The molecule has 1 aromatic rings. The van der Waals surface area contributed by atoms with Gasteiger partial charge in [-0.05, 0) is 12.5 Å². The molecule has 0 spiro atoms. The van der Waals surface area contributed by atoms with Gasteiger partial charge in [-0.1, -0.05) is 34.7 Å². The lowest BCUT2D eigenvalue weighted by Crippen LogP contribution is -2.03. The highest BCUT2D eigenvalue weighted by Crippen LogP contribution is 2.33. The molecule has 1 aromatic carbocycles. The summed E-state index contributed by atoms with van der Waals surface area (Å²) in [4.78, 5) is 0. The molecule has 1 rings (SSSR count). The van der Waals surface area contributed by atoms with Crippen LogP contribution in [-0.2, 0) is 6.42 Å². The Morgan fingerprint density at radius 2 is 2.18 bits per heavy atom. The first-order chi connectivity index (χ1) is 8.15. The first kappa shape index (κ1) is 13.5. The van der Waals surface area contributed by atoms with Gasteiger partial charge in [-0.2, -0.15) is 5.26 Å². The molecule has 0 aliphatic carbocycles. The van der Waals surface area contributed by atoms with E-state index < -0.39 is 5.82 Å². The van der Waals surface area contributed by atoms with Crippen molar-refractivity contribution in [3.05, 3.63) is 52.8 Å². The topological polar surface area (TPSA) is 33.0 Å². The van der Waals surface area contributed by atoms with Crippen LogP contribution in [0.25, 0.3) is 0 Å². The Morgan fingerprint density at radius 1 is 1.47 bits per heavy atom. The van der Waals surface area contributed by atoms with Gasteiger partial charge in [-0.25, -0.2) is 4.39 Å². The third-order valence-corrected chi connectivity index (χ3v) is 2.80. The maximum atomic E-state index is 13.6. The van der Waals surface area contributed by atoms with Gasteiger partial charge >= 0.3 is 0 Å². The minimum atomic E-state index is -0.605. The Kier molecular flexibility index (Phi) is 4.92. The molecule has 0 amide bonds. The van der Waals surface area contributed by atoms with Crippen molar-refractivity contribution in [3.8, 4) is 11.8 Å². The smallest absolute Gasteiger partial charge is 0.145 e. The van der Waals surface area contributed by atoms with E-state index in [2.05, 4.69) is 29.1 Å². The second kappa shape index (κ2) is 6.21. The number of rotatable bonds is 5. The third-order valence-electron chi connectivity index (χ3n) is 2.09. The highest BCUT2D eigenvalue weighted by Gasteiger charge is 2.17. The molecule has 0 aliphatic heterocycles. The summed E-state index contributed by atoms with van der Waals surface area (Å²) in [6.07, 6.45) is 3.69. The molecule has 0 saturated carbocycles. The van der Waals surface area contributed by atoms with Crippen LogP contribution in [-0.4, -0.2) is 6.61 Å². The van der Waals surface area contributed by atoms with Gasteiger partial charge in [-0.15, -0.1) is 6.58 Å². The highest BCUT2D eigenvalue weighted by atomic mass is 79.9. The molecule has 88 valence electrons. The number of hydrogen-bond donors (Lipinski definition) is 0. The number of ether oxygens (including phenoxy) is 1. The summed E-state index contributed by atoms with van der Waals surface area (Å²) in [6.45, 7) is 7.36. The van der Waals surface area contributed by atoms with Crippen LogP contribution < -0.4 is 4.74 Å². The van der Waals surface area contributed by atoms with Gasteiger partial charge in [0.2, 0.25) is 0 Å². The van der Waals surface area contributed by atoms with E-state index in [1.165, 1.54) is 12.1 Å². The fraction of sp³-hybridized carbons (Fsp3) is 0.154. The molecule has 0 heterocycles. The van der Waals surface area contributed by atoms with Crippen LogP contribution in [0.4, 0.5) is 4.39 Å². The highest BCUT2D eigenvalue weighted by molar-refractivity contribution is 9.10. The summed E-state index contributed by atoms with van der Waals surface area (Å²) >= 11 is 3.25. The lowest BCUT2D eigenvalue weighted by molar-refractivity contribution is 0.355. The van der Waals surface area contributed by atoms with Crippen LogP contribution in [0.2, 0.25) is 0 Å². The zero-order valence-corrected chi connectivity index (χ0v) is 10.8. The molecule has 0 radical (unpaired) electrons. The minimum absolute atomic E-state index is 0.0908. The van der Waals surface area contributed by atoms with E-state index in [4.69, 9.17) is 10.00 Å². The van der Waals surface area contributed by atoms with Crippen LogP contribution in [0.15, 0.2) is 35.8 Å². The molecule has 0 fully saturated rings. The van der Waals surface area contributed by atoms with Gasteiger partial charge in [0.05, 0.1) is 0 Å². The first-order valence-corrected chi connectivity index (χ1v) is 5.70. The van der Waals surface area contributed by atoms with Crippen LogP contribution in [0.1, 0.15) is 11.1 Å². The summed E-state index contributed by atoms with van der Waals surface area (Å²) < 4.78 is 19.5. The van der Waals surface area contributed by atoms with Crippen molar-refractivity contribution in [2.24, 2.45) is 0 Å². The van der Waals surface area contributed by atoms with E-state index in [9.17, 15) is 4.39 Å². The SMILES string of the molecule is C=CCOc1c(C#N)c(F)cc(Br)c1CC=C. The van der Waals surface area contributed by atoms with Crippen LogP contribution in [0.5, 0.6) is 5.75 Å². The summed E-state index contributed by atoms with van der Waals surface area (Å²) in [7, 11) is 0. The van der Waals surface area contributed by atoms with Gasteiger partial charge in [0.15, 0.2) is 0 Å². The molecule has 0 aromatic heterocycles. The molecule has 0 atom stereocenters. The molecule has 0 N–H and O–H groups in total. The van der Waals surface area contributed by atoms with Crippen molar-refractivity contribution < 1.29 is 9.13 Å². The molecule has 0 bridgehead atoms. The first-order valence-electron chi connectivity index (χ1n) is 4.91. The number of nitrogens with zero attached hydrogens (tertiary/aromatic N) is 1. The molecule has 4 heteroatoms. The normalized spacial score (nSPS) is 9.47. The molecule has 0 aliphatic rings. The number of nitriles is 1. The number of allylic oxidation sites excluding steroid dienone is 1. The Hall–Kier alpha value is -1.60. The van der Waals surface area contributed by atoms with Gasteiger partial charge in [0.1, 0.15) is 29.8 Å². The average Bonchev–Trinajstić information content (AvgIpc) is 2.30. The van der Waals surface area contributed by atoms with E-state index >= 15 is 0 Å². The lowest BCUT2D eigenvalue weighted by atomic mass is 10.1. The zero-order valence-electron chi connectivity index (χ0n) is 9.17. The second-order valence-electron chi connectivity index (χ2n) is 3.23. The molecule has 2 nitrogen and oxygen atoms in total. The van der Waals surface area contributed by atoms with E-state index in [-0.39, 0.29) is 17.9 Å². The molecule has 0 saturated heterocycles. The fourth-order valence-corrected chi connectivity index (χ4v) is 1.92. The summed E-state index contributed by atoms with van der Waals surface area (Å²) in [6, 6.07) is 3.07. The van der Waals surface area contributed by atoms with E-state index in [1.807, 2.05) is 6.07 Å². The number of halogens is 2. The Balaban J connectivity index is 3.40. The van der Waals surface area contributed by atoms with Gasteiger partial charge < -0.3 is 4.74 Å². The lowest BCUT2D eigenvalue weighted by Gasteiger charge is -2.13. The summed E-state index contributed by atoms with van der Waals surface area (Å²) in [5, 5.41) is 8.95. The van der Waals surface area contributed by atoms with E-state index in [1.54, 1.807) is 6.08 Å². The maximum Gasteiger partial charge on any atom is 0.145 e. The Labute approximate surface area is 108 Å². The van der Waals surface area contributed by atoms with E-state index in [0.29, 0.717) is 16.5 Å². The monoisotopic (exact) mass is 295 g/mol. The van der Waals surface area contributed by atoms with Crippen molar-refractivity contribution in [1.29, 1.82) is 5.26 Å². The van der Waals surface area contributed by atoms with E-state index in [0.717, 1.165) is 0 Å². The molecule has 17 heavy (non-hydrogen) atoms. The molecular weight excluding hydrogens is 285 g/mol. The Morgan fingerprint density at radius 3 is 2.71 bits per heavy atom. The van der Waals surface area contributed by atoms with Crippen LogP contribution >= 0.6 is 15.9 Å². The van der Waals surface area contributed by atoms with Crippen molar-refractivity contribution in [3.63, 3.8) is 0 Å².